The zero-order valence-electron chi connectivity index (χ0n) is 8.72. The van der Waals surface area contributed by atoms with Crippen molar-refractivity contribution < 1.29 is 18.6 Å². The second-order valence-corrected chi connectivity index (χ2v) is 4.35. The molecule has 1 heterocycles. The molecule has 0 bridgehead atoms. The molecule has 2 nitrogen and oxygen atoms in total. The highest BCUT2D eigenvalue weighted by Crippen LogP contribution is 2.28. The second-order valence-electron chi connectivity index (χ2n) is 3.37. The molecule has 17 heavy (non-hydrogen) atoms. The fourth-order valence-corrected chi connectivity index (χ4v) is 2.21. The van der Waals surface area contributed by atoms with Crippen LogP contribution in [0.5, 0.6) is 5.75 Å². The summed E-state index contributed by atoms with van der Waals surface area (Å²) in [6.07, 6.45) is -0.809. The number of thiophene rings is 1. The number of alkyl halides is 2. The Morgan fingerprint density at radius 2 is 2.00 bits per heavy atom. The molecule has 2 rings (SSSR count). The first-order valence-electron chi connectivity index (χ1n) is 4.93. The fourth-order valence-electron chi connectivity index (χ4n) is 1.47. The van der Waals surface area contributed by atoms with E-state index in [4.69, 9.17) is 0 Å². The lowest BCUT2D eigenvalue weighted by molar-refractivity contribution is -0.0499. The summed E-state index contributed by atoms with van der Waals surface area (Å²) in [4.78, 5) is 0.763. The van der Waals surface area contributed by atoms with E-state index in [0.717, 1.165) is 4.88 Å². The molecule has 1 unspecified atom stereocenters. The van der Waals surface area contributed by atoms with Crippen molar-refractivity contribution in [3.63, 3.8) is 0 Å². The number of hydrogen-bond donors (Lipinski definition) is 1. The summed E-state index contributed by atoms with van der Waals surface area (Å²) in [6, 6.07) is 9.69. The van der Waals surface area contributed by atoms with Crippen LogP contribution in [0.15, 0.2) is 41.8 Å². The summed E-state index contributed by atoms with van der Waals surface area (Å²) in [5.41, 5.74) is 0.533. The van der Waals surface area contributed by atoms with Gasteiger partial charge < -0.3 is 9.84 Å². The molecule has 0 fully saturated rings. The minimum absolute atomic E-state index is 0.0492. The van der Waals surface area contributed by atoms with Crippen molar-refractivity contribution in [3.05, 3.63) is 52.2 Å². The first-order chi connectivity index (χ1) is 8.16. The Hall–Kier alpha value is -1.46. The molecule has 1 aromatic carbocycles. The highest BCUT2D eigenvalue weighted by molar-refractivity contribution is 7.10. The van der Waals surface area contributed by atoms with Crippen LogP contribution >= 0.6 is 11.3 Å². The molecule has 5 heteroatoms. The van der Waals surface area contributed by atoms with Crippen LogP contribution in [0, 0.1) is 0 Å². The lowest BCUT2D eigenvalue weighted by Gasteiger charge is -2.11. The van der Waals surface area contributed by atoms with E-state index in [-0.39, 0.29) is 5.75 Å². The number of ether oxygens (including phenoxy) is 1. The zero-order chi connectivity index (χ0) is 12.3. The van der Waals surface area contributed by atoms with Gasteiger partial charge >= 0.3 is 6.61 Å². The topological polar surface area (TPSA) is 29.5 Å². The molecule has 2 aromatic rings. The van der Waals surface area contributed by atoms with E-state index in [1.54, 1.807) is 18.2 Å². The van der Waals surface area contributed by atoms with E-state index in [2.05, 4.69) is 4.74 Å². The highest BCUT2D eigenvalue weighted by Gasteiger charge is 2.13. The molecule has 0 aliphatic heterocycles. The Morgan fingerprint density at radius 1 is 1.18 bits per heavy atom. The summed E-state index contributed by atoms with van der Waals surface area (Å²) >= 11 is 1.41. The number of hydrogen-bond acceptors (Lipinski definition) is 3. The van der Waals surface area contributed by atoms with Crippen LogP contribution in [0.25, 0.3) is 0 Å². The molecular formula is C12H10F2O2S. The molecule has 0 saturated carbocycles. The lowest BCUT2D eigenvalue weighted by Crippen LogP contribution is -2.03. The van der Waals surface area contributed by atoms with Crippen LogP contribution in [0.2, 0.25) is 0 Å². The summed E-state index contributed by atoms with van der Waals surface area (Å²) < 4.78 is 28.4. The van der Waals surface area contributed by atoms with Crippen molar-refractivity contribution in [1.82, 2.24) is 0 Å². The van der Waals surface area contributed by atoms with Crippen LogP contribution in [0.3, 0.4) is 0 Å². The SMILES string of the molecule is OC(c1cccc(OC(F)F)c1)c1cccs1. The number of halogens is 2. The molecule has 0 amide bonds. The van der Waals surface area contributed by atoms with Crippen molar-refractivity contribution in [2.24, 2.45) is 0 Å². The predicted molar refractivity (Wildman–Crippen MR) is 61.5 cm³/mol. The smallest absolute Gasteiger partial charge is 0.387 e. The third kappa shape index (κ3) is 3.01. The Bertz CT molecular complexity index is 471. The van der Waals surface area contributed by atoms with Crippen molar-refractivity contribution in [2.45, 2.75) is 12.7 Å². The van der Waals surface area contributed by atoms with Gasteiger partial charge in [-0.1, -0.05) is 18.2 Å². The summed E-state index contributed by atoms with van der Waals surface area (Å²) in [7, 11) is 0. The van der Waals surface area contributed by atoms with Gasteiger partial charge in [0.25, 0.3) is 0 Å². The first kappa shape index (κ1) is 12.0. The predicted octanol–water partition coefficient (Wildman–Crippen LogP) is 3.43. The maximum Gasteiger partial charge on any atom is 0.387 e. The van der Waals surface area contributed by atoms with Crippen LogP contribution < -0.4 is 4.74 Å². The van der Waals surface area contributed by atoms with Crippen LogP contribution in [-0.4, -0.2) is 11.7 Å². The molecule has 1 aromatic heterocycles. The third-order valence-electron chi connectivity index (χ3n) is 2.21. The molecule has 1 N–H and O–H groups in total. The highest BCUT2D eigenvalue weighted by atomic mass is 32.1. The molecule has 0 aliphatic rings. The average Bonchev–Trinajstić information content (AvgIpc) is 2.81. The van der Waals surface area contributed by atoms with Gasteiger partial charge in [0.15, 0.2) is 0 Å². The van der Waals surface area contributed by atoms with Gasteiger partial charge in [0.1, 0.15) is 11.9 Å². The first-order valence-corrected chi connectivity index (χ1v) is 5.81. The number of aliphatic hydroxyl groups excluding tert-OH is 1. The minimum atomic E-state index is -2.86. The Balaban J connectivity index is 2.21. The van der Waals surface area contributed by atoms with Gasteiger partial charge in [-0.2, -0.15) is 8.78 Å². The molecule has 0 aliphatic carbocycles. The van der Waals surface area contributed by atoms with Crippen molar-refractivity contribution in [3.8, 4) is 5.75 Å². The molecule has 1 atom stereocenters. The number of benzene rings is 1. The third-order valence-corrected chi connectivity index (χ3v) is 3.14. The van der Waals surface area contributed by atoms with Crippen molar-refractivity contribution in [1.29, 1.82) is 0 Å². The molecule has 0 saturated heterocycles. The van der Waals surface area contributed by atoms with Gasteiger partial charge in [-0.3, -0.25) is 0 Å². The minimum Gasteiger partial charge on any atom is -0.435 e. The second kappa shape index (κ2) is 5.25. The van der Waals surface area contributed by atoms with E-state index in [1.165, 1.54) is 23.5 Å². The quantitative estimate of drug-likeness (QED) is 0.908. The summed E-state index contributed by atoms with van der Waals surface area (Å²) in [5, 5.41) is 11.9. The Labute approximate surface area is 101 Å². The van der Waals surface area contributed by atoms with Crippen LogP contribution in [-0.2, 0) is 0 Å². The largest absolute Gasteiger partial charge is 0.435 e. The van der Waals surface area contributed by atoms with Crippen LogP contribution in [0.4, 0.5) is 8.78 Å². The molecule has 90 valence electrons. The summed E-state index contributed by atoms with van der Waals surface area (Å²) in [6.45, 7) is -2.86. The monoisotopic (exact) mass is 256 g/mol. The van der Waals surface area contributed by atoms with Gasteiger partial charge in [-0.15, -0.1) is 11.3 Å². The maximum absolute atomic E-state index is 12.0. The van der Waals surface area contributed by atoms with E-state index in [0.29, 0.717) is 5.56 Å². The lowest BCUT2D eigenvalue weighted by atomic mass is 10.1. The van der Waals surface area contributed by atoms with E-state index < -0.39 is 12.7 Å². The van der Waals surface area contributed by atoms with Crippen LogP contribution in [0.1, 0.15) is 16.5 Å². The standard InChI is InChI=1S/C12H10F2O2S/c13-12(14)16-9-4-1-3-8(7-9)11(15)10-5-2-6-17-10/h1-7,11-12,15H. The van der Waals surface area contributed by atoms with E-state index in [9.17, 15) is 13.9 Å². The van der Waals surface area contributed by atoms with Gasteiger partial charge in [-0.25, -0.2) is 0 Å². The Morgan fingerprint density at radius 3 is 2.65 bits per heavy atom. The van der Waals surface area contributed by atoms with E-state index in [1.807, 2.05) is 11.4 Å². The van der Waals surface area contributed by atoms with E-state index >= 15 is 0 Å². The number of aliphatic hydroxyl groups is 1. The van der Waals surface area contributed by atoms with Crippen molar-refractivity contribution in [2.75, 3.05) is 0 Å². The summed E-state index contributed by atoms with van der Waals surface area (Å²) in [5.74, 6) is 0.0492. The van der Waals surface area contributed by atoms with Crippen molar-refractivity contribution >= 4 is 11.3 Å². The van der Waals surface area contributed by atoms with Gasteiger partial charge in [0.2, 0.25) is 0 Å². The van der Waals surface area contributed by atoms with Gasteiger partial charge in [-0.05, 0) is 29.1 Å². The maximum atomic E-state index is 12.0. The number of rotatable bonds is 4. The molecule has 0 spiro atoms. The zero-order valence-corrected chi connectivity index (χ0v) is 9.53. The average molecular weight is 256 g/mol. The van der Waals surface area contributed by atoms with Gasteiger partial charge in [0.05, 0.1) is 0 Å². The van der Waals surface area contributed by atoms with Gasteiger partial charge in [0, 0.05) is 4.88 Å². The fraction of sp³-hybridized carbons (Fsp3) is 0.167. The Kier molecular flexibility index (Phi) is 3.71. The molecular weight excluding hydrogens is 246 g/mol. The normalized spacial score (nSPS) is 12.7. The molecule has 0 radical (unpaired) electrons.